The van der Waals surface area contributed by atoms with Crippen LogP contribution in [0.15, 0.2) is 29.1 Å². The number of pyridine rings is 2. The van der Waals surface area contributed by atoms with Gasteiger partial charge in [0.05, 0.1) is 0 Å². The van der Waals surface area contributed by atoms with Crippen LogP contribution in [0.5, 0.6) is 0 Å². The number of hydrogen-bond donors (Lipinski definition) is 2. The van der Waals surface area contributed by atoms with E-state index in [2.05, 4.69) is 48.2 Å². The summed E-state index contributed by atoms with van der Waals surface area (Å²) in [7, 11) is 1.72. The summed E-state index contributed by atoms with van der Waals surface area (Å²) in [5.74, 6) is 0.586. The SMILES string of the molecule is CNc1ccc(C)[nH]c1=O.Cc1ccc(C(C)C)c(C)n1. The molecule has 0 atom stereocenters. The number of H-pyrrole nitrogens is 1. The molecule has 0 saturated heterocycles. The van der Waals surface area contributed by atoms with Gasteiger partial charge in [-0.2, -0.15) is 0 Å². The Morgan fingerprint density at radius 1 is 1.10 bits per heavy atom. The Hall–Kier alpha value is -2.10. The van der Waals surface area contributed by atoms with Crippen LogP contribution in [0.3, 0.4) is 0 Å². The van der Waals surface area contributed by atoms with E-state index in [9.17, 15) is 4.79 Å². The molecular formula is C17H25N3O. The third-order valence-corrected chi connectivity index (χ3v) is 3.21. The molecule has 0 unspecified atom stereocenters. The molecule has 21 heavy (non-hydrogen) atoms. The van der Waals surface area contributed by atoms with Crippen molar-refractivity contribution < 1.29 is 0 Å². The maximum absolute atomic E-state index is 11.0. The molecule has 0 fully saturated rings. The molecule has 0 bridgehead atoms. The van der Waals surface area contributed by atoms with Crippen molar-refractivity contribution >= 4 is 5.69 Å². The first-order valence-corrected chi connectivity index (χ1v) is 7.17. The average molecular weight is 287 g/mol. The lowest BCUT2D eigenvalue weighted by atomic mass is 10.0. The second-order valence-corrected chi connectivity index (χ2v) is 5.42. The molecule has 2 heterocycles. The maximum atomic E-state index is 11.0. The molecule has 0 amide bonds. The van der Waals surface area contributed by atoms with Crippen LogP contribution in [-0.2, 0) is 0 Å². The van der Waals surface area contributed by atoms with E-state index in [1.165, 1.54) is 11.3 Å². The lowest BCUT2D eigenvalue weighted by Crippen LogP contribution is -2.11. The molecule has 0 radical (unpaired) electrons. The van der Waals surface area contributed by atoms with E-state index < -0.39 is 0 Å². The van der Waals surface area contributed by atoms with Gasteiger partial charge >= 0.3 is 0 Å². The zero-order chi connectivity index (χ0) is 16.0. The van der Waals surface area contributed by atoms with Crippen molar-refractivity contribution in [1.29, 1.82) is 0 Å². The number of anilines is 1. The first-order valence-electron chi connectivity index (χ1n) is 7.17. The van der Waals surface area contributed by atoms with E-state index in [1.54, 1.807) is 13.1 Å². The summed E-state index contributed by atoms with van der Waals surface area (Å²) in [6.45, 7) is 10.3. The molecular weight excluding hydrogens is 262 g/mol. The molecule has 4 heteroatoms. The minimum Gasteiger partial charge on any atom is -0.384 e. The number of aryl methyl sites for hydroxylation is 3. The molecule has 0 aliphatic rings. The third-order valence-electron chi connectivity index (χ3n) is 3.21. The van der Waals surface area contributed by atoms with Gasteiger partial charge in [0.25, 0.3) is 5.56 Å². The Kier molecular flexibility index (Phi) is 6.15. The van der Waals surface area contributed by atoms with E-state index in [1.807, 2.05) is 19.9 Å². The van der Waals surface area contributed by atoms with Gasteiger partial charge in [-0.1, -0.05) is 19.9 Å². The van der Waals surface area contributed by atoms with E-state index in [-0.39, 0.29) is 5.56 Å². The van der Waals surface area contributed by atoms with Crippen LogP contribution in [0, 0.1) is 20.8 Å². The fraction of sp³-hybridized carbons (Fsp3) is 0.412. The van der Waals surface area contributed by atoms with Crippen molar-refractivity contribution in [2.45, 2.75) is 40.5 Å². The fourth-order valence-electron chi connectivity index (χ4n) is 2.08. The Labute approximate surface area is 126 Å². The standard InChI is InChI=1S/C10H15N.C7H10N2O/c1-7(2)10-6-5-8(3)11-9(10)4;1-5-3-4-6(8-2)7(10)9-5/h5-7H,1-4H3;3-4,8H,1-2H3,(H,9,10). The lowest BCUT2D eigenvalue weighted by Gasteiger charge is -2.08. The van der Waals surface area contributed by atoms with E-state index in [4.69, 9.17) is 0 Å². The summed E-state index contributed by atoms with van der Waals surface area (Å²) in [4.78, 5) is 18.0. The summed E-state index contributed by atoms with van der Waals surface area (Å²) in [5, 5.41) is 2.78. The molecule has 114 valence electrons. The number of aromatic amines is 1. The molecule has 0 aliphatic heterocycles. The predicted molar refractivity (Wildman–Crippen MR) is 89.1 cm³/mol. The van der Waals surface area contributed by atoms with Crippen LogP contribution in [-0.4, -0.2) is 17.0 Å². The summed E-state index contributed by atoms with van der Waals surface area (Å²) >= 11 is 0. The van der Waals surface area contributed by atoms with Gasteiger partial charge in [0, 0.05) is 24.1 Å². The van der Waals surface area contributed by atoms with E-state index in [0.717, 1.165) is 11.4 Å². The highest BCUT2D eigenvalue weighted by atomic mass is 16.1. The highest BCUT2D eigenvalue weighted by Gasteiger charge is 2.02. The highest BCUT2D eigenvalue weighted by Crippen LogP contribution is 2.16. The van der Waals surface area contributed by atoms with E-state index >= 15 is 0 Å². The normalized spacial score (nSPS) is 10.0. The molecule has 4 nitrogen and oxygen atoms in total. The van der Waals surface area contributed by atoms with Crippen LogP contribution in [0.2, 0.25) is 0 Å². The van der Waals surface area contributed by atoms with Crippen molar-refractivity contribution in [2.75, 3.05) is 12.4 Å². The van der Waals surface area contributed by atoms with Gasteiger partial charge in [0.1, 0.15) is 5.69 Å². The largest absolute Gasteiger partial charge is 0.384 e. The number of rotatable bonds is 2. The van der Waals surface area contributed by atoms with Crippen LogP contribution in [0.25, 0.3) is 0 Å². The fourth-order valence-corrected chi connectivity index (χ4v) is 2.08. The first-order chi connectivity index (χ1) is 9.85. The Morgan fingerprint density at radius 3 is 2.24 bits per heavy atom. The summed E-state index contributed by atoms with van der Waals surface area (Å²) in [6.07, 6.45) is 0. The van der Waals surface area contributed by atoms with Crippen molar-refractivity contribution in [3.8, 4) is 0 Å². The molecule has 2 aromatic heterocycles. The predicted octanol–water partition coefficient (Wildman–Crippen LogP) is 3.55. The molecule has 0 aliphatic carbocycles. The molecule has 2 rings (SSSR count). The minimum absolute atomic E-state index is 0.0671. The number of hydrogen-bond acceptors (Lipinski definition) is 3. The van der Waals surface area contributed by atoms with Crippen LogP contribution in [0.1, 0.15) is 42.4 Å². The molecule has 0 spiro atoms. The van der Waals surface area contributed by atoms with Gasteiger partial charge in [-0.15, -0.1) is 0 Å². The number of nitrogens with zero attached hydrogens (tertiary/aromatic N) is 1. The van der Waals surface area contributed by atoms with Crippen molar-refractivity contribution in [2.24, 2.45) is 0 Å². The molecule has 0 aromatic carbocycles. The average Bonchev–Trinajstić information content (AvgIpc) is 2.39. The van der Waals surface area contributed by atoms with Crippen molar-refractivity contribution in [1.82, 2.24) is 9.97 Å². The monoisotopic (exact) mass is 287 g/mol. The summed E-state index contributed by atoms with van der Waals surface area (Å²) < 4.78 is 0. The Morgan fingerprint density at radius 2 is 1.76 bits per heavy atom. The highest BCUT2D eigenvalue weighted by molar-refractivity contribution is 5.39. The van der Waals surface area contributed by atoms with Crippen LogP contribution < -0.4 is 10.9 Å². The zero-order valence-corrected chi connectivity index (χ0v) is 13.7. The second-order valence-electron chi connectivity index (χ2n) is 5.42. The Bertz CT molecular complexity index is 645. The van der Waals surface area contributed by atoms with Crippen LogP contribution in [0.4, 0.5) is 5.69 Å². The number of aromatic nitrogens is 2. The van der Waals surface area contributed by atoms with Crippen LogP contribution >= 0.6 is 0 Å². The quantitative estimate of drug-likeness (QED) is 0.888. The molecule has 0 saturated carbocycles. The zero-order valence-electron chi connectivity index (χ0n) is 13.7. The molecule has 2 N–H and O–H groups in total. The van der Waals surface area contributed by atoms with Gasteiger partial charge in [-0.3, -0.25) is 9.78 Å². The van der Waals surface area contributed by atoms with Gasteiger partial charge in [0.15, 0.2) is 0 Å². The summed E-state index contributed by atoms with van der Waals surface area (Å²) in [5.41, 5.74) is 5.04. The lowest BCUT2D eigenvalue weighted by molar-refractivity contribution is 0.839. The Balaban J connectivity index is 0.000000211. The minimum atomic E-state index is -0.0671. The summed E-state index contributed by atoms with van der Waals surface area (Å²) in [6, 6.07) is 7.85. The maximum Gasteiger partial charge on any atom is 0.271 e. The molecule has 2 aromatic rings. The first kappa shape index (κ1) is 17.0. The van der Waals surface area contributed by atoms with Gasteiger partial charge in [-0.05, 0) is 50.5 Å². The third kappa shape index (κ3) is 5.06. The smallest absolute Gasteiger partial charge is 0.271 e. The van der Waals surface area contributed by atoms with Crippen molar-refractivity contribution in [3.05, 3.63) is 57.3 Å². The van der Waals surface area contributed by atoms with Gasteiger partial charge in [-0.25, -0.2) is 0 Å². The number of nitrogens with one attached hydrogen (secondary N) is 2. The van der Waals surface area contributed by atoms with Crippen molar-refractivity contribution in [3.63, 3.8) is 0 Å². The van der Waals surface area contributed by atoms with Gasteiger partial charge < -0.3 is 10.3 Å². The topological polar surface area (TPSA) is 57.8 Å². The van der Waals surface area contributed by atoms with Gasteiger partial charge in [0.2, 0.25) is 0 Å². The van der Waals surface area contributed by atoms with E-state index in [0.29, 0.717) is 11.6 Å². The second kappa shape index (κ2) is 7.62.